The Morgan fingerprint density at radius 3 is 2.65 bits per heavy atom. The molecule has 0 amide bonds. The van der Waals surface area contributed by atoms with E-state index in [0.717, 1.165) is 31.2 Å². The van der Waals surface area contributed by atoms with Crippen LogP contribution >= 0.6 is 12.2 Å². The molecule has 1 aromatic carbocycles. The zero-order valence-electron chi connectivity index (χ0n) is 11.7. The Hall–Kier alpha value is -1.46. The highest BCUT2D eigenvalue weighted by molar-refractivity contribution is 7.71. The van der Waals surface area contributed by atoms with Gasteiger partial charge in [-0.3, -0.25) is 4.90 Å². The van der Waals surface area contributed by atoms with Crippen molar-refractivity contribution in [1.29, 1.82) is 0 Å². The summed E-state index contributed by atoms with van der Waals surface area (Å²) in [6, 6.07) is 9.88. The Labute approximate surface area is 124 Å². The third kappa shape index (κ3) is 2.99. The lowest BCUT2D eigenvalue weighted by molar-refractivity contribution is 0.144. The maximum absolute atomic E-state index is 5.60. The molecule has 1 fully saturated rings. The second-order valence-electron chi connectivity index (χ2n) is 5.48. The van der Waals surface area contributed by atoms with Gasteiger partial charge in [0.2, 0.25) is 5.89 Å². The number of rotatable bonds is 3. The Morgan fingerprint density at radius 2 is 1.95 bits per heavy atom. The fraction of sp³-hybridized carbons (Fsp3) is 0.467. The van der Waals surface area contributed by atoms with Gasteiger partial charge in [-0.1, -0.05) is 25.1 Å². The number of piperidine rings is 1. The van der Waals surface area contributed by atoms with E-state index in [2.05, 4.69) is 16.9 Å². The molecule has 0 spiro atoms. The minimum Gasteiger partial charge on any atom is -0.409 e. The third-order valence-corrected chi connectivity index (χ3v) is 4.13. The minimum absolute atomic E-state index is 0.447. The second-order valence-corrected chi connectivity index (χ2v) is 5.83. The van der Waals surface area contributed by atoms with Crippen LogP contribution in [0.4, 0.5) is 0 Å². The molecule has 5 heteroatoms. The highest BCUT2D eigenvalue weighted by Gasteiger charge is 2.17. The van der Waals surface area contributed by atoms with E-state index in [0.29, 0.717) is 10.7 Å². The van der Waals surface area contributed by atoms with Crippen LogP contribution in [0.5, 0.6) is 0 Å². The number of nitrogens with zero attached hydrogens (tertiary/aromatic N) is 3. The number of hydrogen-bond acceptors (Lipinski definition) is 4. The van der Waals surface area contributed by atoms with E-state index >= 15 is 0 Å². The fourth-order valence-corrected chi connectivity index (χ4v) is 2.66. The third-order valence-electron chi connectivity index (χ3n) is 3.84. The number of hydrogen-bond donors (Lipinski definition) is 0. The highest BCUT2D eigenvalue weighted by Crippen LogP contribution is 2.19. The van der Waals surface area contributed by atoms with Crippen LogP contribution in [-0.2, 0) is 6.67 Å². The van der Waals surface area contributed by atoms with Gasteiger partial charge in [0.25, 0.3) is 4.84 Å². The van der Waals surface area contributed by atoms with Crippen molar-refractivity contribution in [2.75, 3.05) is 13.1 Å². The van der Waals surface area contributed by atoms with E-state index in [1.807, 2.05) is 30.3 Å². The monoisotopic (exact) mass is 289 g/mol. The Kier molecular flexibility index (Phi) is 3.98. The van der Waals surface area contributed by atoms with Gasteiger partial charge in [-0.05, 0) is 43.1 Å². The van der Waals surface area contributed by atoms with Gasteiger partial charge < -0.3 is 4.42 Å². The van der Waals surface area contributed by atoms with E-state index in [1.165, 1.54) is 12.8 Å². The van der Waals surface area contributed by atoms with Crippen LogP contribution in [0, 0.1) is 10.8 Å². The zero-order chi connectivity index (χ0) is 13.9. The maximum atomic E-state index is 5.60. The van der Waals surface area contributed by atoms with Crippen LogP contribution in [0.3, 0.4) is 0 Å². The molecule has 1 saturated heterocycles. The lowest BCUT2D eigenvalue weighted by Gasteiger charge is -2.29. The lowest BCUT2D eigenvalue weighted by Crippen LogP contribution is -2.34. The molecule has 4 nitrogen and oxygen atoms in total. The van der Waals surface area contributed by atoms with Crippen molar-refractivity contribution in [2.24, 2.45) is 5.92 Å². The van der Waals surface area contributed by atoms with Gasteiger partial charge in [-0.15, -0.1) is 5.10 Å². The van der Waals surface area contributed by atoms with E-state index < -0.39 is 0 Å². The van der Waals surface area contributed by atoms with Gasteiger partial charge in [-0.25, -0.2) is 4.68 Å². The number of likely N-dealkylation sites (tertiary alicyclic amines) is 1. The Bertz CT molecular complexity index is 612. The topological polar surface area (TPSA) is 34.2 Å². The summed E-state index contributed by atoms with van der Waals surface area (Å²) in [4.78, 5) is 2.83. The molecule has 20 heavy (non-hydrogen) atoms. The number of benzene rings is 1. The summed E-state index contributed by atoms with van der Waals surface area (Å²) in [6.45, 7) is 5.25. The highest BCUT2D eigenvalue weighted by atomic mass is 32.1. The van der Waals surface area contributed by atoms with E-state index in [-0.39, 0.29) is 0 Å². The average molecular weight is 289 g/mol. The largest absolute Gasteiger partial charge is 0.409 e. The van der Waals surface area contributed by atoms with Gasteiger partial charge in [0.1, 0.15) is 0 Å². The smallest absolute Gasteiger partial charge is 0.288 e. The van der Waals surface area contributed by atoms with Gasteiger partial charge in [0.15, 0.2) is 0 Å². The molecule has 0 aliphatic carbocycles. The summed E-state index contributed by atoms with van der Waals surface area (Å²) >= 11 is 5.27. The van der Waals surface area contributed by atoms with Crippen LogP contribution < -0.4 is 0 Å². The molecule has 106 valence electrons. The summed E-state index contributed by atoms with van der Waals surface area (Å²) in [5.74, 6) is 1.43. The van der Waals surface area contributed by atoms with Crippen molar-refractivity contribution in [1.82, 2.24) is 14.7 Å². The molecule has 3 rings (SSSR count). The van der Waals surface area contributed by atoms with Crippen molar-refractivity contribution < 1.29 is 4.42 Å². The van der Waals surface area contributed by atoms with Gasteiger partial charge >= 0.3 is 0 Å². The van der Waals surface area contributed by atoms with Gasteiger partial charge in [0, 0.05) is 18.7 Å². The molecular weight excluding hydrogens is 270 g/mol. The predicted molar refractivity (Wildman–Crippen MR) is 80.7 cm³/mol. The summed E-state index contributed by atoms with van der Waals surface area (Å²) in [7, 11) is 0. The van der Waals surface area contributed by atoms with Crippen molar-refractivity contribution in [3.05, 3.63) is 35.2 Å². The van der Waals surface area contributed by atoms with Crippen LogP contribution in [0.2, 0.25) is 0 Å². The normalized spacial score (nSPS) is 17.4. The molecule has 0 bridgehead atoms. The summed E-state index contributed by atoms with van der Waals surface area (Å²) in [5.41, 5.74) is 0.963. The van der Waals surface area contributed by atoms with Crippen LogP contribution in [0.1, 0.15) is 19.8 Å². The van der Waals surface area contributed by atoms with Gasteiger partial charge in [0.05, 0.1) is 6.67 Å². The van der Waals surface area contributed by atoms with Gasteiger partial charge in [-0.2, -0.15) is 0 Å². The summed E-state index contributed by atoms with van der Waals surface area (Å²) in [6.07, 6.45) is 2.49. The minimum atomic E-state index is 0.447. The number of aromatic nitrogens is 2. The first kappa shape index (κ1) is 13.5. The Balaban J connectivity index is 1.75. The molecule has 2 heterocycles. The quantitative estimate of drug-likeness (QED) is 0.809. The summed E-state index contributed by atoms with van der Waals surface area (Å²) < 4.78 is 7.39. The fourth-order valence-electron chi connectivity index (χ4n) is 2.49. The van der Waals surface area contributed by atoms with Crippen LogP contribution in [0.15, 0.2) is 34.7 Å². The molecule has 0 N–H and O–H groups in total. The van der Waals surface area contributed by atoms with Crippen molar-refractivity contribution in [3.63, 3.8) is 0 Å². The molecule has 2 aromatic rings. The molecule has 1 aromatic heterocycles. The molecule has 0 unspecified atom stereocenters. The molecule has 1 aliphatic rings. The maximum Gasteiger partial charge on any atom is 0.288 e. The first-order valence-corrected chi connectivity index (χ1v) is 7.49. The second kappa shape index (κ2) is 5.89. The average Bonchev–Trinajstić information content (AvgIpc) is 2.84. The SMILES string of the molecule is CC1CCN(Cn2nc(-c3ccccc3)oc2=S)CC1. The Morgan fingerprint density at radius 1 is 1.25 bits per heavy atom. The van der Waals surface area contributed by atoms with E-state index in [1.54, 1.807) is 4.68 Å². The first-order valence-electron chi connectivity index (χ1n) is 7.08. The molecular formula is C15H19N3OS. The van der Waals surface area contributed by atoms with Crippen molar-refractivity contribution in [2.45, 2.75) is 26.4 Å². The summed E-state index contributed by atoms with van der Waals surface area (Å²) in [5, 5.41) is 4.50. The van der Waals surface area contributed by atoms with Crippen LogP contribution in [-0.4, -0.2) is 27.8 Å². The van der Waals surface area contributed by atoms with Crippen molar-refractivity contribution >= 4 is 12.2 Å². The lowest BCUT2D eigenvalue weighted by atomic mass is 10.00. The standard InChI is InChI=1S/C15H19N3OS/c1-12-7-9-17(10-8-12)11-18-15(20)19-14(16-18)13-5-3-2-4-6-13/h2-6,12H,7-11H2,1H3. The van der Waals surface area contributed by atoms with Crippen molar-refractivity contribution in [3.8, 4) is 11.5 Å². The molecule has 1 aliphatic heterocycles. The molecule has 0 atom stereocenters. The molecule has 0 radical (unpaired) electrons. The van der Waals surface area contributed by atoms with E-state index in [9.17, 15) is 0 Å². The predicted octanol–water partition coefficient (Wildman–Crippen LogP) is 3.56. The first-order chi connectivity index (χ1) is 9.72. The van der Waals surface area contributed by atoms with E-state index in [4.69, 9.17) is 16.6 Å². The van der Waals surface area contributed by atoms with Crippen LogP contribution in [0.25, 0.3) is 11.5 Å². The zero-order valence-corrected chi connectivity index (χ0v) is 12.5. The molecule has 0 saturated carbocycles.